The molecular formula is C104H142O6S6. The molecule has 116 heavy (non-hydrogen) atoms. The number of Topliss-reactive ketones (excluding diaryl/α,β-unsaturated/α-hetero) is 3. The average Bonchev–Trinajstić information content (AvgIpc) is 0.756. The molecule has 12 heteroatoms. The third-order valence-corrected chi connectivity index (χ3v) is 34.0. The van der Waals surface area contributed by atoms with Crippen LogP contribution in [0.15, 0.2) is 188 Å². The lowest BCUT2D eigenvalue weighted by Crippen LogP contribution is -2.29. The highest BCUT2D eigenvalue weighted by Crippen LogP contribution is 2.54. The van der Waals surface area contributed by atoms with E-state index in [9.17, 15) is 29.7 Å². The fraction of sp³-hybridized carbons (Fsp3) is 0.538. The summed E-state index contributed by atoms with van der Waals surface area (Å²) in [6.45, 7) is 71.3. The van der Waals surface area contributed by atoms with Crippen LogP contribution in [-0.4, -0.2) is 17.3 Å². The Kier molecular flexibility index (Phi) is 32.4. The fourth-order valence-corrected chi connectivity index (χ4v) is 21.3. The maximum Gasteiger partial charge on any atom is 0.219 e. The highest BCUT2D eigenvalue weighted by atomic mass is 32.2. The second-order valence-electron chi connectivity index (χ2n) is 40.7. The minimum atomic E-state index is -0.155. The summed E-state index contributed by atoms with van der Waals surface area (Å²) >= 11 is 11.1. The second-order valence-corrected chi connectivity index (χ2v) is 47.3. The summed E-state index contributed by atoms with van der Waals surface area (Å²) < 4.78 is 0. The van der Waals surface area contributed by atoms with Crippen LogP contribution in [0.4, 0.5) is 0 Å². The zero-order chi connectivity index (χ0) is 87.2. The Balaban J connectivity index is 0.000000241. The van der Waals surface area contributed by atoms with Crippen molar-refractivity contribution in [3.05, 3.63) is 234 Å². The zero-order valence-electron chi connectivity index (χ0n) is 77.2. The lowest BCUT2D eigenvalue weighted by atomic mass is 9.81. The van der Waals surface area contributed by atoms with Crippen LogP contribution in [0.1, 0.15) is 351 Å². The van der Waals surface area contributed by atoms with Crippen molar-refractivity contribution in [3.63, 3.8) is 0 Å². The van der Waals surface area contributed by atoms with Crippen LogP contribution in [0.2, 0.25) is 0 Å². The minimum absolute atomic E-state index is 0.0144. The lowest BCUT2D eigenvalue weighted by molar-refractivity contribution is -0.301. The number of aryl methyl sites for hydroxylation is 1. The third-order valence-electron chi connectivity index (χ3n) is 23.7. The van der Waals surface area contributed by atoms with Gasteiger partial charge in [0.2, 0.25) is 63.3 Å². The van der Waals surface area contributed by atoms with Crippen LogP contribution in [-0.2, 0) is 47.9 Å². The zero-order valence-corrected chi connectivity index (χ0v) is 82.1. The van der Waals surface area contributed by atoms with Crippen LogP contribution in [0.25, 0.3) is 18.2 Å². The molecule has 0 spiro atoms. The summed E-state index contributed by atoms with van der Waals surface area (Å²) in [6, 6.07) is 13.0. The summed E-state index contributed by atoms with van der Waals surface area (Å²) in [6.07, 6.45) is 39.3. The highest BCUT2D eigenvalue weighted by molar-refractivity contribution is 8.07. The van der Waals surface area contributed by atoms with E-state index in [0.717, 1.165) is 97.6 Å². The van der Waals surface area contributed by atoms with Crippen molar-refractivity contribution in [2.24, 2.45) is 27.1 Å². The molecule has 3 aromatic rings. The molecule has 6 nitrogen and oxygen atoms in total. The number of allylic oxidation sites excluding steroid dienone is 24. The van der Waals surface area contributed by atoms with Crippen molar-refractivity contribution in [1.29, 1.82) is 0 Å². The van der Waals surface area contributed by atoms with Gasteiger partial charge in [0.15, 0.2) is 17.3 Å². The molecule has 0 aromatic carbocycles. The molecule has 0 N–H and O–H groups in total. The van der Waals surface area contributed by atoms with Crippen LogP contribution < -0.4 is 15.3 Å². The predicted molar refractivity (Wildman–Crippen MR) is 508 cm³/mol. The van der Waals surface area contributed by atoms with Gasteiger partial charge >= 0.3 is 0 Å². The van der Waals surface area contributed by atoms with Crippen molar-refractivity contribution in [2.75, 3.05) is 0 Å². The first-order valence-electron chi connectivity index (χ1n) is 43.1. The van der Waals surface area contributed by atoms with E-state index >= 15 is 0 Å². The molecule has 3 aliphatic heterocycles. The molecule has 9 rings (SSSR count). The Labute approximate surface area is 728 Å². The fourth-order valence-electron chi connectivity index (χ4n) is 13.2. The van der Waals surface area contributed by atoms with Gasteiger partial charge in [0.1, 0.15) is 0 Å². The van der Waals surface area contributed by atoms with E-state index in [1.807, 2.05) is 93.6 Å². The van der Waals surface area contributed by atoms with Gasteiger partial charge in [-0.25, -0.2) is 0 Å². The molecule has 6 heterocycles. The maximum absolute atomic E-state index is 13.4. The molecule has 0 saturated carbocycles. The van der Waals surface area contributed by atoms with Gasteiger partial charge in [0.25, 0.3) is 0 Å². The predicted octanol–water partition coefficient (Wildman–Crippen LogP) is 29.5. The second kappa shape index (κ2) is 38.6. The molecule has 3 aliphatic carbocycles. The van der Waals surface area contributed by atoms with Crippen molar-refractivity contribution < 1.29 is 29.7 Å². The number of carbonyl (C=O) groups excluding carboxylic acids is 3. The first kappa shape index (κ1) is 97.4. The van der Waals surface area contributed by atoms with Gasteiger partial charge in [-0.05, 0) is 221 Å². The lowest BCUT2D eigenvalue weighted by Gasteiger charge is -2.36. The molecule has 0 fully saturated rings. The Morgan fingerprint density at radius 2 is 0.629 bits per heavy atom. The molecule has 3 aromatic heterocycles. The highest BCUT2D eigenvalue weighted by Gasteiger charge is 2.40. The van der Waals surface area contributed by atoms with E-state index in [2.05, 4.69) is 294 Å². The van der Waals surface area contributed by atoms with Crippen molar-refractivity contribution in [2.45, 2.75) is 339 Å². The van der Waals surface area contributed by atoms with Crippen molar-refractivity contribution in [1.82, 2.24) is 0 Å². The van der Waals surface area contributed by atoms with Gasteiger partial charge in [-0.1, -0.05) is 300 Å². The quantitative estimate of drug-likeness (QED) is 0.0490. The summed E-state index contributed by atoms with van der Waals surface area (Å²) in [7, 11) is 0. The van der Waals surface area contributed by atoms with E-state index in [1.165, 1.54) is 84.4 Å². The number of ketones is 3. The Morgan fingerprint density at radius 3 is 0.991 bits per heavy atom. The van der Waals surface area contributed by atoms with E-state index < -0.39 is 0 Å². The van der Waals surface area contributed by atoms with Crippen molar-refractivity contribution in [3.8, 4) is 0 Å². The summed E-state index contributed by atoms with van der Waals surface area (Å²) in [5, 5.41) is 39.8. The third kappa shape index (κ3) is 24.3. The average molecular weight is 1680 g/mol. The first-order valence-corrected chi connectivity index (χ1v) is 48.0. The van der Waals surface area contributed by atoms with E-state index in [-0.39, 0.29) is 99.9 Å². The monoisotopic (exact) mass is 1680 g/mol. The van der Waals surface area contributed by atoms with Gasteiger partial charge in [-0.15, -0.1) is 0 Å². The summed E-state index contributed by atoms with van der Waals surface area (Å²) in [4.78, 5) is 55.3. The molecule has 630 valence electrons. The smallest absolute Gasteiger partial charge is 0.219 e. The molecule has 0 bridgehead atoms. The van der Waals surface area contributed by atoms with Gasteiger partial charge in [0.05, 0.1) is 0 Å². The van der Waals surface area contributed by atoms with Crippen LogP contribution in [0.3, 0.4) is 0 Å². The number of carbonyl (C=O) groups is 3. The van der Waals surface area contributed by atoms with Crippen LogP contribution in [0, 0.1) is 27.1 Å². The van der Waals surface area contributed by atoms with Gasteiger partial charge in [-0.3, -0.25) is 14.4 Å². The van der Waals surface area contributed by atoms with E-state index in [1.54, 1.807) is 12.2 Å². The molecule has 0 radical (unpaired) electrons. The number of hydrogen-bond acceptors (Lipinski definition) is 9. The Morgan fingerprint density at radius 1 is 0.310 bits per heavy atom. The summed E-state index contributed by atoms with van der Waals surface area (Å²) in [5.74, 6) is -0.875. The number of rotatable bonds is 24. The Hall–Kier alpha value is -5.73. The SMILES string of the molecule is CCC(C)(C)C1=C/C(=C/C2=C([O-])C(=Cc3cc(C(C)(C)C)[s+]c(C(C)(C)CC)c3)C2=O)C=C(C(C)(C)C)S1.CCC(C)(CC)C1=C/C(=C/C2=C([O-])C(=Cc3cc(C(C)(C)C)[s+]c(C(C)(CC)CC)c3)C2=O)C=C(C(C)(C)C)S1.CCCCCC1=C/C(=C/C2=C([O-])C(=C/c3cc(CCCCC)[s+]c(C(C)(C)C)c3)/C2=O)C=C(C(C)(C)C)S1. The molecular weight excluding hydrogens is 1540 g/mol. The van der Waals surface area contributed by atoms with E-state index in [0.29, 0.717) is 22.3 Å². The number of unbranched alkanes of at least 4 members (excludes halogenated alkanes) is 4. The number of hydrogen-bond donors (Lipinski definition) is 0. The van der Waals surface area contributed by atoms with E-state index in [4.69, 9.17) is 0 Å². The summed E-state index contributed by atoms with van der Waals surface area (Å²) in [5.41, 5.74) is 7.65. The molecule has 0 unspecified atom stereocenters. The number of thioether (sulfide) groups is 3. The molecule has 6 aliphatic rings. The standard InChI is InChI=1S/C36H50O2S2.2C34H46O2S2/c1-13-35(11,14-2)29-21-23(19-27(39-29)33(5,6)7)17-25-31(37)26(32(25)38)18-24-20-28(34(8,9)10)40-30(22-24)36(12,15-3)16-4;1-13-33(9,10)27-19-21(17-25(37-27)31(3,4)5)15-23-29(35)24(30(23)36)16-22-18-26(32(6,7)8)38-28(20-22)34(11,12)14-2;1-9-11-13-15-25-17-23(21-29(37-25)33(3,4)5)19-27-31(35)28(32(27)36)20-24-18-26(16-14-12-10-2)38-30(22-24)34(6,7)8/h17-22H,13-16H2,1-12H3;15-20H,13-14H2,1-12H3;17-22H,9-16H2,1-8H3. The van der Waals surface area contributed by atoms with Crippen LogP contribution >= 0.6 is 69.3 Å². The first-order chi connectivity index (χ1) is 53.5. The van der Waals surface area contributed by atoms with Crippen molar-refractivity contribution >= 4 is 105 Å². The normalized spacial score (nSPS) is 19.2. The van der Waals surface area contributed by atoms with Crippen LogP contribution in [0.5, 0.6) is 0 Å². The molecule has 0 atom stereocenters. The Bertz CT molecular complexity index is 4730. The van der Waals surface area contributed by atoms with Gasteiger partial charge in [-0.2, -0.15) is 0 Å². The van der Waals surface area contributed by atoms with Gasteiger partial charge < -0.3 is 15.3 Å². The topological polar surface area (TPSA) is 120 Å². The maximum atomic E-state index is 13.4. The molecule has 0 saturated heterocycles. The largest absolute Gasteiger partial charge is 0.871 e. The van der Waals surface area contributed by atoms with Gasteiger partial charge in [0, 0.05) is 103 Å². The minimum Gasteiger partial charge on any atom is -0.871 e. The molecule has 0 amide bonds.